The molecular weight excluding hydrogens is 282 g/mol. The van der Waals surface area contributed by atoms with Crippen LogP contribution in [0.1, 0.15) is 18.0 Å². The summed E-state index contributed by atoms with van der Waals surface area (Å²) in [5, 5.41) is 2.55. The molecule has 1 atom stereocenters. The van der Waals surface area contributed by atoms with Gasteiger partial charge in [0.15, 0.2) is 0 Å². The molecule has 0 aliphatic carbocycles. The van der Waals surface area contributed by atoms with E-state index in [0.29, 0.717) is 12.0 Å². The monoisotopic (exact) mass is 293 g/mol. The Labute approximate surface area is 111 Å². The Morgan fingerprint density at radius 1 is 1.30 bits per heavy atom. The van der Waals surface area contributed by atoms with Crippen molar-refractivity contribution in [3.8, 4) is 5.75 Å². The molecule has 0 saturated carbocycles. The van der Waals surface area contributed by atoms with Crippen LogP contribution in [0.2, 0.25) is 0 Å². The summed E-state index contributed by atoms with van der Waals surface area (Å²) in [5.41, 5.74) is 0.648. The summed E-state index contributed by atoms with van der Waals surface area (Å²) in [5.74, 6) is -0.377. The molecule has 4 nitrogen and oxygen atoms in total. The fourth-order valence-corrected chi connectivity index (χ4v) is 1.75. The van der Waals surface area contributed by atoms with Crippen LogP contribution in [0.5, 0.6) is 5.75 Å². The SMILES string of the molecule is O=C1N[C@H](c2ccc(OC(F)(F)C(F)F)cc2)CCO1. The van der Waals surface area contributed by atoms with Gasteiger partial charge in [-0.05, 0) is 17.7 Å². The first-order valence-electron chi connectivity index (χ1n) is 5.77. The Morgan fingerprint density at radius 2 is 1.95 bits per heavy atom. The molecule has 1 N–H and O–H groups in total. The van der Waals surface area contributed by atoms with E-state index in [2.05, 4.69) is 14.8 Å². The van der Waals surface area contributed by atoms with E-state index >= 15 is 0 Å². The van der Waals surface area contributed by atoms with Crippen LogP contribution in [0, 0.1) is 0 Å². The third-order valence-corrected chi connectivity index (χ3v) is 2.72. The summed E-state index contributed by atoms with van der Waals surface area (Å²) in [4.78, 5) is 11.0. The van der Waals surface area contributed by atoms with Gasteiger partial charge < -0.3 is 14.8 Å². The van der Waals surface area contributed by atoms with Crippen molar-refractivity contribution < 1.29 is 31.8 Å². The fourth-order valence-electron chi connectivity index (χ4n) is 1.75. The van der Waals surface area contributed by atoms with Crippen LogP contribution in [0.25, 0.3) is 0 Å². The Bertz CT molecular complexity index is 478. The van der Waals surface area contributed by atoms with Gasteiger partial charge in [0.1, 0.15) is 5.75 Å². The second kappa shape index (κ2) is 5.56. The third-order valence-electron chi connectivity index (χ3n) is 2.72. The van der Waals surface area contributed by atoms with E-state index in [1.54, 1.807) is 0 Å². The number of carbonyl (C=O) groups is 1. The molecule has 2 rings (SSSR count). The summed E-state index contributed by atoms with van der Waals surface area (Å²) in [6.45, 7) is 0.248. The van der Waals surface area contributed by atoms with Crippen molar-refractivity contribution in [2.24, 2.45) is 0 Å². The molecule has 20 heavy (non-hydrogen) atoms. The number of cyclic esters (lactones) is 1. The average Bonchev–Trinajstić information content (AvgIpc) is 2.39. The highest BCUT2D eigenvalue weighted by atomic mass is 19.3. The second-order valence-electron chi connectivity index (χ2n) is 4.16. The largest absolute Gasteiger partial charge is 0.461 e. The number of amides is 1. The van der Waals surface area contributed by atoms with E-state index in [4.69, 9.17) is 0 Å². The molecule has 110 valence electrons. The second-order valence-corrected chi connectivity index (χ2v) is 4.16. The summed E-state index contributed by atoms with van der Waals surface area (Å²) in [6.07, 6.45) is -8.48. The van der Waals surface area contributed by atoms with Crippen LogP contribution in [0.3, 0.4) is 0 Å². The van der Waals surface area contributed by atoms with Gasteiger partial charge in [0.2, 0.25) is 0 Å². The van der Waals surface area contributed by atoms with E-state index in [1.165, 1.54) is 12.1 Å². The maximum atomic E-state index is 12.7. The first-order chi connectivity index (χ1) is 9.38. The normalized spacial score (nSPS) is 19.4. The van der Waals surface area contributed by atoms with E-state index in [-0.39, 0.29) is 18.4 Å². The molecule has 1 aromatic carbocycles. The third kappa shape index (κ3) is 3.31. The lowest BCUT2D eigenvalue weighted by atomic mass is 10.0. The van der Waals surface area contributed by atoms with Gasteiger partial charge >= 0.3 is 18.6 Å². The number of alkyl carbamates (subject to hydrolysis) is 1. The number of halogens is 4. The summed E-state index contributed by atoms with van der Waals surface area (Å²) in [6, 6.07) is 4.83. The zero-order valence-electron chi connectivity index (χ0n) is 10.1. The van der Waals surface area contributed by atoms with Gasteiger partial charge in [-0.2, -0.15) is 17.6 Å². The molecule has 0 radical (unpaired) electrons. The molecule has 1 amide bonds. The fraction of sp³-hybridized carbons (Fsp3) is 0.417. The Balaban J connectivity index is 2.04. The minimum Gasteiger partial charge on any atom is -0.449 e. The van der Waals surface area contributed by atoms with Gasteiger partial charge in [-0.15, -0.1) is 0 Å². The quantitative estimate of drug-likeness (QED) is 0.868. The predicted octanol–water partition coefficient (Wildman–Crippen LogP) is 3.09. The smallest absolute Gasteiger partial charge is 0.449 e. The number of nitrogens with one attached hydrogen (secondary N) is 1. The number of alkyl halides is 4. The van der Waals surface area contributed by atoms with Gasteiger partial charge in [0.25, 0.3) is 0 Å². The number of ether oxygens (including phenoxy) is 2. The van der Waals surface area contributed by atoms with Crippen molar-refractivity contribution in [1.29, 1.82) is 0 Å². The Hall–Kier alpha value is -1.99. The predicted molar refractivity (Wildman–Crippen MR) is 59.9 cm³/mol. The highest BCUT2D eigenvalue weighted by Gasteiger charge is 2.43. The number of rotatable bonds is 4. The summed E-state index contributed by atoms with van der Waals surface area (Å²) >= 11 is 0. The first kappa shape index (κ1) is 14.4. The van der Waals surface area contributed by atoms with E-state index in [0.717, 1.165) is 12.1 Å². The minimum absolute atomic E-state index is 0.248. The van der Waals surface area contributed by atoms with Crippen molar-refractivity contribution in [1.82, 2.24) is 5.32 Å². The lowest BCUT2D eigenvalue weighted by Gasteiger charge is -2.24. The van der Waals surface area contributed by atoms with E-state index in [9.17, 15) is 22.4 Å². The average molecular weight is 293 g/mol. The maximum Gasteiger partial charge on any atom is 0.461 e. The molecule has 0 unspecified atom stereocenters. The summed E-state index contributed by atoms with van der Waals surface area (Å²) in [7, 11) is 0. The molecule has 1 aliphatic rings. The van der Waals surface area contributed by atoms with Gasteiger partial charge in [-0.3, -0.25) is 0 Å². The maximum absolute atomic E-state index is 12.7. The molecule has 0 bridgehead atoms. The minimum atomic E-state index is -4.53. The Kier molecular flexibility index (Phi) is 4.01. The highest BCUT2D eigenvalue weighted by Crippen LogP contribution is 2.29. The Morgan fingerprint density at radius 3 is 2.50 bits per heavy atom. The van der Waals surface area contributed by atoms with Crippen molar-refractivity contribution in [2.45, 2.75) is 25.0 Å². The number of hydrogen-bond acceptors (Lipinski definition) is 3. The van der Waals surface area contributed by atoms with Crippen LogP contribution in [0.15, 0.2) is 24.3 Å². The zero-order valence-corrected chi connectivity index (χ0v) is 10.1. The van der Waals surface area contributed by atoms with Gasteiger partial charge in [-0.1, -0.05) is 12.1 Å². The molecule has 1 saturated heterocycles. The van der Waals surface area contributed by atoms with Gasteiger partial charge in [-0.25, -0.2) is 4.79 Å². The molecule has 1 fully saturated rings. The number of carbonyl (C=O) groups excluding carboxylic acids is 1. The lowest BCUT2D eigenvalue weighted by molar-refractivity contribution is -0.253. The standard InChI is InChI=1S/C12H11F4NO3/c13-10(14)12(15,16)20-8-3-1-7(2-4-8)9-5-6-19-11(18)17-9/h1-4,9-10H,5-6H2,(H,17,18)/t9-/m0/s1. The van der Waals surface area contributed by atoms with Crippen LogP contribution in [0.4, 0.5) is 22.4 Å². The first-order valence-corrected chi connectivity index (χ1v) is 5.77. The van der Waals surface area contributed by atoms with Crippen LogP contribution >= 0.6 is 0 Å². The molecular formula is C12H11F4NO3. The van der Waals surface area contributed by atoms with Crippen molar-refractivity contribution in [3.05, 3.63) is 29.8 Å². The van der Waals surface area contributed by atoms with Gasteiger partial charge in [0, 0.05) is 6.42 Å². The van der Waals surface area contributed by atoms with Crippen LogP contribution < -0.4 is 10.1 Å². The number of benzene rings is 1. The molecule has 0 aromatic heterocycles. The lowest BCUT2D eigenvalue weighted by Crippen LogP contribution is -2.35. The van der Waals surface area contributed by atoms with Gasteiger partial charge in [0.05, 0.1) is 12.6 Å². The molecule has 0 spiro atoms. The number of hydrogen-bond donors (Lipinski definition) is 1. The molecule has 8 heteroatoms. The summed E-state index contributed by atoms with van der Waals surface area (Å²) < 4.78 is 58.0. The van der Waals surface area contributed by atoms with Crippen molar-refractivity contribution in [3.63, 3.8) is 0 Å². The van der Waals surface area contributed by atoms with Crippen LogP contribution in [-0.2, 0) is 4.74 Å². The molecule has 1 heterocycles. The highest BCUT2D eigenvalue weighted by molar-refractivity contribution is 5.68. The zero-order chi connectivity index (χ0) is 14.8. The molecule has 1 aromatic rings. The van der Waals surface area contributed by atoms with Crippen molar-refractivity contribution in [2.75, 3.05) is 6.61 Å². The van der Waals surface area contributed by atoms with E-state index < -0.39 is 18.6 Å². The topological polar surface area (TPSA) is 47.6 Å². The van der Waals surface area contributed by atoms with Crippen molar-refractivity contribution >= 4 is 6.09 Å². The van der Waals surface area contributed by atoms with E-state index in [1.807, 2.05) is 0 Å². The molecule has 1 aliphatic heterocycles. The van der Waals surface area contributed by atoms with Crippen LogP contribution in [-0.4, -0.2) is 25.2 Å².